The molecule has 3 heterocycles. The first-order chi connectivity index (χ1) is 19.0. The molecule has 6 rings (SSSR count). The molecular weight excluding hydrogens is 491 g/mol. The minimum atomic E-state index is -0.348. The lowest BCUT2D eigenvalue weighted by Crippen LogP contribution is -2.35. The van der Waals surface area contributed by atoms with Crippen LogP contribution in [0.3, 0.4) is 0 Å². The topological polar surface area (TPSA) is 67.2 Å². The first-order valence-corrected chi connectivity index (χ1v) is 13.2. The van der Waals surface area contributed by atoms with Gasteiger partial charge in [-0.3, -0.25) is 4.79 Å². The van der Waals surface area contributed by atoms with Crippen LogP contribution in [0.25, 0.3) is 16.7 Å². The molecule has 1 saturated heterocycles. The molecule has 7 nitrogen and oxygen atoms in total. The predicted octanol–water partition coefficient (Wildman–Crippen LogP) is 5.21. The molecule has 8 heteroatoms. The second-order valence-corrected chi connectivity index (χ2v) is 9.89. The molecule has 0 radical (unpaired) electrons. The van der Waals surface area contributed by atoms with Gasteiger partial charge in [0.2, 0.25) is 0 Å². The van der Waals surface area contributed by atoms with Crippen LogP contribution in [0, 0.1) is 12.7 Å². The van der Waals surface area contributed by atoms with Gasteiger partial charge >= 0.3 is 0 Å². The maximum absolute atomic E-state index is 13.4. The number of amides is 1. The van der Waals surface area contributed by atoms with E-state index in [1.165, 1.54) is 17.7 Å². The zero-order valence-electron chi connectivity index (χ0n) is 21.8. The second kappa shape index (κ2) is 10.6. The van der Waals surface area contributed by atoms with E-state index in [9.17, 15) is 9.18 Å². The summed E-state index contributed by atoms with van der Waals surface area (Å²) in [5.41, 5.74) is 4.55. The third-order valence-electron chi connectivity index (χ3n) is 7.11. The molecule has 1 aliphatic heterocycles. The van der Waals surface area contributed by atoms with Gasteiger partial charge in [-0.05, 0) is 55.3 Å². The Morgan fingerprint density at radius 3 is 2.41 bits per heavy atom. The highest BCUT2D eigenvalue weighted by Gasteiger charge is 2.24. The minimum absolute atomic E-state index is 0.0818. The van der Waals surface area contributed by atoms with Crippen molar-refractivity contribution in [3.05, 3.63) is 113 Å². The summed E-state index contributed by atoms with van der Waals surface area (Å²) in [6, 6.07) is 24.2. The Morgan fingerprint density at radius 2 is 1.64 bits per heavy atom. The van der Waals surface area contributed by atoms with E-state index in [2.05, 4.69) is 41.2 Å². The lowest BCUT2D eigenvalue weighted by molar-refractivity contribution is 0.0767. The van der Waals surface area contributed by atoms with Gasteiger partial charge in [-0.25, -0.2) is 19.0 Å². The number of carbonyl (C=O) groups is 1. The van der Waals surface area contributed by atoms with Crippen molar-refractivity contribution in [3.8, 4) is 5.69 Å². The molecule has 3 aromatic carbocycles. The third kappa shape index (κ3) is 5.23. The van der Waals surface area contributed by atoms with Crippen LogP contribution in [0.15, 0.2) is 85.1 Å². The van der Waals surface area contributed by atoms with E-state index in [1.807, 2.05) is 46.1 Å². The molecule has 39 heavy (non-hydrogen) atoms. The number of rotatable bonds is 5. The Morgan fingerprint density at radius 1 is 0.872 bits per heavy atom. The molecule has 0 N–H and O–H groups in total. The fraction of sp³-hybridized carbons (Fsp3) is 0.226. The highest BCUT2D eigenvalue weighted by atomic mass is 19.1. The number of halogens is 1. The molecule has 1 amide bonds. The summed E-state index contributed by atoms with van der Waals surface area (Å²) in [6.07, 6.45) is 3.23. The lowest BCUT2D eigenvalue weighted by atomic mass is 10.1. The highest BCUT2D eigenvalue weighted by molar-refractivity contribution is 5.94. The van der Waals surface area contributed by atoms with Crippen LogP contribution in [0.4, 0.5) is 10.2 Å². The second-order valence-electron chi connectivity index (χ2n) is 9.89. The summed E-state index contributed by atoms with van der Waals surface area (Å²) in [5, 5.41) is 5.57. The first kappa shape index (κ1) is 24.7. The van der Waals surface area contributed by atoms with Gasteiger partial charge in [0.05, 0.1) is 17.3 Å². The summed E-state index contributed by atoms with van der Waals surface area (Å²) >= 11 is 0. The molecule has 2 aromatic heterocycles. The zero-order chi connectivity index (χ0) is 26.8. The number of hydrogen-bond acceptors (Lipinski definition) is 5. The number of nitrogens with zero attached hydrogens (tertiary/aromatic N) is 6. The molecule has 5 aromatic rings. The summed E-state index contributed by atoms with van der Waals surface area (Å²) in [4.78, 5) is 27.2. The smallest absolute Gasteiger partial charge is 0.253 e. The van der Waals surface area contributed by atoms with E-state index in [1.54, 1.807) is 12.1 Å². The van der Waals surface area contributed by atoms with Crippen LogP contribution < -0.4 is 4.90 Å². The van der Waals surface area contributed by atoms with Crippen molar-refractivity contribution in [2.45, 2.75) is 19.8 Å². The Kier molecular flexibility index (Phi) is 6.75. The largest absolute Gasteiger partial charge is 0.354 e. The van der Waals surface area contributed by atoms with Crippen molar-refractivity contribution >= 4 is 22.8 Å². The van der Waals surface area contributed by atoms with E-state index in [4.69, 9.17) is 9.97 Å². The fourth-order valence-corrected chi connectivity index (χ4v) is 5.01. The number of carbonyl (C=O) groups excluding carboxylic acids is 1. The van der Waals surface area contributed by atoms with Gasteiger partial charge in [-0.15, -0.1) is 0 Å². The Labute approximate surface area is 226 Å². The number of anilines is 1. The van der Waals surface area contributed by atoms with Crippen LogP contribution in [0.1, 0.15) is 33.7 Å². The van der Waals surface area contributed by atoms with E-state index in [-0.39, 0.29) is 11.7 Å². The number of aromatic nitrogens is 4. The monoisotopic (exact) mass is 520 g/mol. The summed E-state index contributed by atoms with van der Waals surface area (Å²) < 4.78 is 15.2. The molecule has 0 bridgehead atoms. The van der Waals surface area contributed by atoms with Crippen molar-refractivity contribution in [3.63, 3.8) is 0 Å². The summed E-state index contributed by atoms with van der Waals surface area (Å²) in [5.74, 6) is 1.13. The van der Waals surface area contributed by atoms with Crippen molar-refractivity contribution in [2.75, 3.05) is 31.1 Å². The molecule has 1 fully saturated rings. The van der Waals surface area contributed by atoms with E-state index >= 15 is 0 Å². The van der Waals surface area contributed by atoms with Crippen molar-refractivity contribution in [1.29, 1.82) is 0 Å². The van der Waals surface area contributed by atoms with Gasteiger partial charge < -0.3 is 9.80 Å². The van der Waals surface area contributed by atoms with E-state index in [0.717, 1.165) is 46.9 Å². The maximum atomic E-state index is 13.4. The Hall–Kier alpha value is -4.59. The fourth-order valence-electron chi connectivity index (χ4n) is 5.01. The average molecular weight is 521 g/mol. The van der Waals surface area contributed by atoms with Crippen molar-refractivity contribution < 1.29 is 9.18 Å². The molecule has 0 saturated carbocycles. The normalized spacial score (nSPS) is 14.0. The zero-order valence-corrected chi connectivity index (χ0v) is 21.8. The summed E-state index contributed by atoms with van der Waals surface area (Å²) in [6.45, 7) is 4.62. The summed E-state index contributed by atoms with van der Waals surface area (Å²) in [7, 11) is 0. The number of para-hydroxylation sites is 1. The van der Waals surface area contributed by atoms with Crippen LogP contribution in [0.5, 0.6) is 0 Å². The average Bonchev–Trinajstić information content (AvgIpc) is 3.23. The maximum Gasteiger partial charge on any atom is 0.253 e. The van der Waals surface area contributed by atoms with Gasteiger partial charge in [0.25, 0.3) is 5.91 Å². The highest BCUT2D eigenvalue weighted by Crippen LogP contribution is 2.28. The molecule has 196 valence electrons. The number of aryl methyl sites for hydroxylation is 1. The SMILES string of the molecule is Cc1ccc(Cc2nc(N3CCCN(C(=O)c4ccc(F)cc4)CC3)c3cnn(-c4ccccc4)c3n2)cc1. The van der Waals surface area contributed by atoms with Gasteiger partial charge in [0.15, 0.2) is 5.65 Å². The standard InChI is InChI=1S/C31H29FN6O/c1-22-8-10-23(11-9-22)20-28-34-29(27-21-33-38(30(27)35-28)26-6-3-2-4-7-26)36-16-5-17-37(19-18-36)31(39)24-12-14-25(32)15-13-24/h2-4,6-15,21H,5,16-20H2,1H3. The quantitative estimate of drug-likeness (QED) is 0.318. The third-order valence-corrected chi connectivity index (χ3v) is 7.11. The van der Waals surface area contributed by atoms with Crippen LogP contribution in [-0.4, -0.2) is 56.7 Å². The first-order valence-electron chi connectivity index (χ1n) is 13.2. The van der Waals surface area contributed by atoms with Gasteiger partial charge in [0.1, 0.15) is 17.5 Å². The van der Waals surface area contributed by atoms with Crippen molar-refractivity contribution in [2.24, 2.45) is 0 Å². The number of fused-ring (bicyclic) bond motifs is 1. The van der Waals surface area contributed by atoms with Gasteiger partial charge in [-0.2, -0.15) is 5.10 Å². The van der Waals surface area contributed by atoms with Crippen LogP contribution in [0.2, 0.25) is 0 Å². The predicted molar refractivity (Wildman–Crippen MR) is 150 cm³/mol. The molecule has 0 atom stereocenters. The van der Waals surface area contributed by atoms with E-state index in [0.29, 0.717) is 31.6 Å². The molecular formula is C31H29FN6O. The Balaban J connectivity index is 1.34. The lowest BCUT2D eigenvalue weighted by Gasteiger charge is -2.24. The minimum Gasteiger partial charge on any atom is -0.354 e. The number of benzene rings is 3. The van der Waals surface area contributed by atoms with Crippen LogP contribution >= 0.6 is 0 Å². The van der Waals surface area contributed by atoms with E-state index < -0.39 is 0 Å². The van der Waals surface area contributed by atoms with Gasteiger partial charge in [0, 0.05) is 38.2 Å². The molecule has 0 unspecified atom stereocenters. The van der Waals surface area contributed by atoms with Crippen LogP contribution in [-0.2, 0) is 6.42 Å². The molecule has 1 aliphatic rings. The van der Waals surface area contributed by atoms with Gasteiger partial charge in [-0.1, -0.05) is 48.0 Å². The van der Waals surface area contributed by atoms with Crippen molar-refractivity contribution in [1.82, 2.24) is 24.6 Å². The molecule has 0 spiro atoms. The molecule has 0 aliphatic carbocycles. The number of hydrogen-bond donors (Lipinski definition) is 0. The Bertz CT molecular complexity index is 1600.